The topological polar surface area (TPSA) is 75.4 Å². The van der Waals surface area contributed by atoms with Crippen molar-refractivity contribution < 1.29 is 18.7 Å². The van der Waals surface area contributed by atoms with Crippen LogP contribution < -0.4 is 11.1 Å². The zero-order chi connectivity index (χ0) is 14.0. The number of anilines is 3. The molecule has 0 aliphatic heterocycles. The van der Waals surface area contributed by atoms with Gasteiger partial charge in [0, 0.05) is 11.8 Å². The standard InChI is InChI=1S/C13H10F2N2O2/c14-8-4-9(15)6-10(5-8)17-12-2-1-7(13(18)19)3-11(12)16/h1-6,17H,16H2,(H,18,19). The van der Waals surface area contributed by atoms with Crippen molar-refractivity contribution >= 4 is 23.0 Å². The van der Waals surface area contributed by atoms with Crippen LogP contribution in [-0.2, 0) is 0 Å². The summed E-state index contributed by atoms with van der Waals surface area (Å²) in [5.41, 5.74) is 6.43. The number of nitrogens with two attached hydrogens (primary N) is 1. The zero-order valence-corrected chi connectivity index (χ0v) is 9.65. The molecule has 0 amide bonds. The van der Waals surface area contributed by atoms with E-state index >= 15 is 0 Å². The van der Waals surface area contributed by atoms with Gasteiger partial charge in [-0.25, -0.2) is 13.6 Å². The van der Waals surface area contributed by atoms with E-state index in [1.807, 2.05) is 0 Å². The van der Waals surface area contributed by atoms with Crippen LogP contribution in [-0.4, -0.2) is 11.1 Å². The molecule has 0 aliphatic rings. The zero-order valence-electron chi connectivity index (χ0n) is 9.65. The molecule has 0 saturated carbocycles. The molecule has 0 saturated heterocycles. The lowest BCUT2D eigenvalue weighted by Crippen LogP contribution is -2.01. The number of aromatic carboxylic acids is 1. The normalized spacial score (nSPS) is 10.2. The maximum absolute atomic E-state index is 13.0. The second kappa shape index (κ2) is 4.93. The lowest BCUT2D eigenvalue weighted by molar-refractivity contribution is 0.0697. The van der Waals surface area contributed by atoms with Crippen molar-refractivity contribution in [1.29, 1.82) is 0 Å². The molecule has 0 unspecified atom stereocenters. The largest absolute Gasteiger partial charge is 0.478 e. The number of nitrogens with one attached hydrogen (secondary N) is 1. The maximum Gasteiger partial charge on any atom is 0.335 e. The molecule has 0 aliphatic carbocycles. The van der Waals surface area contributed by atoms with Gasteiger partial charge in [-0.2, -0.15) is 0 Å². The number of carboxylic acids is 1. The molecule has 0 aromatic heterocycles. The highest BCUT2D eigenvalue weighted by atomic mass is 19.1. The highest BCUT2D eigenvalue weighted by Crippen LogP contribution is 2.25. The first-order valence-electron chi connectivity index (χ1n) is 5.31. The van der Waals surface area contributed by atoms with Gasteiger partial charge in [0.15, 0.2) is 0 Å². The summed E-state index contributed by atoms with van der Waals surface area (Å²) in [6, 6.07) is 7.00. The quantitative estimate of drug-likeness (QED) is 0.745. The Bertz CT molecular complexity index is 624. The van der Waals surface area contributed by atoms with Gasteiger partial charge in [0.1, 0.15) is 11.6 Å². The third-order valence-electron chi connectivity index (χ3n) is 2.44. The Balaban J connectivity index is 2.30. The number of hydrogen-bond donors (Lipinski definition) is 3. The van der Waals surface area contributed by atoms with Gasteiger partial charge in [0.25, 0.3) is 0 Å². The Morgan fingerprint density at radius 3 is 2.26 bits per heavy atom. The fourth-order valence-corrected chi connectivity index (χ4v) is 1.59. The van der Waals surface area contributed by atoms with Crippen molar-refractivity contribution in [2.75, 3.05) is 11.1 Å². The van der Waals surface area contributed by atoms with E-state index in [1.165, 1.54) is 18.2 Å². The summed E-state index contributed by atoms with van der Waals surface area (Å²) in [5, 5.41) is 11.5. The summed E-state index contributed by atoms with van der Waals surface area (Å²) in [7, 11) is 0. The number of carbonyl (C=O) groups is 1. The minimum Gasteiger partial charge on any atom is -0.478 e. The van der Waals surface area contributed by atoms with Crippen LogP contribution >= 0.6 is 0 Å². The monoisotopic (exact) mass is 264 g/mol. The number of hydrogen-bond acceptors (Lipinski definition) is 3. The molecule has 6 heteroatoms. The smallest absolute Gasteiger partial charge is 0.335 e. The van der Waals surface area contributed by atoms with Crippen LogP contribution in [0, 0.1) is 11.6 Å². The molecule has 19 heavy (non-hydrogen) atoms. The third-order valence-corrected chi connectivity index (χ3v) is 2.44. The molecule has 0 spiro atoms. The van der Waals surface area contributed by atoms with Crippen molar-refractivity contribution in [3.63, 3.8) is 0 Å². The van der Waals surface area contributed by atoms with E-state index in [0.29, 0.717) is 5.69 Å². The highest BCUT2D eigenvalue weighted by molar-refractivity contribution is 5.90. The van der Waals surface area contributed by atoms with Gasteiger partial charge in [-0.3, -0.25) is 0 Å². The number of nitrogen functional groups attached to an aromatic ring is 1. The van der Waals surface area contributed by atoms with E-state index in [0.717, 1.165) is 18.2 Å². The fourth-order valence-electron chi connectivity index (χ4n) is 1.59. The molecule has 4 N–H and O–H groups in total. The van der Waals surface area contributed by atoms with Gasteiger partial charge in [-0.15, -0.1) is 0 Å². The Hall–Kier alpha value is -2.63. The van der Waals surface area contributed by atoms with Gasteiger partial charge in [0.2, 0.25) is 0 Å². The van der Waals surface area contributed by atoms with Gasteiger partial charge < -0.3 is 16.2 Å². The summed E-state index contributed by atoms with van der Waals surface area (Å²) in [6.07, 6.45) is 0. The Kier molecular flexibility index (Phi) is 3.33. The SMILES string of the molecule is Nc1cc(C(=O)O)ccc1Nc1cc(F)cc(F)c1. The van der Waals surface area contributed by atoms with Crippen molar-refractivity contribution in [3.8, 4) is 0 Å². The average molecular weight is 264 g/mol. The molecule has 2 aromatic carbocycles. The van der Waals surface area contributed by atoms with Gasteiger partial charge in [-0.05, 0) is 30.3 Å². The Labute approximate surface area is 107 Å². The maximum atomic E-state index is 13.0. The summed E-state index contributed by atoms with van der Waals surface area (Å²) in [4.78, 5) is 10.7. The van der Waals surface area contributed by atoms with Crippen molar-refractivity contribution in [1.82, 2.24) is 0 Å². The highest BCUT2D eigenvalue weighted by Gasteiger charge is 2.07. The van der Waals surface area contributed by atoms with Crippen LogP contribution in [0.4, 0.5) is 25.8 Å². The van der Waals surface area contributed by atoms with E-state index in [4.69, 9.17) is 10.8 Å². The lowest BCUT2D eigenvalue weighted by Gasteiger charge is -2.10. The lowest BCUT2D eigenvalue weighted by atomic mass is 10.1. The molecule has 98 valence electrons. The van der Waals surface area contributed by atoms with Crippen molar-refractivity contribution in [3.05, 3.63) is 53.6 Å². The summed E-state index contributed by atoms with van der Waals surface area (Å²) < 4.78 is 26.0. The fraction of sp³-hybridized carbons (Fsp3) is 0. The molecule has 0 atom stereocenters. The van der Waals surface area contributed by atoms with Crippen molar-refractivity contribution in [2.45, 2.75) is 0 Å². The predicted octanol–water partition coefficient (Wildman–Crippen LogP) is 2.99. The van der Waals surface area contributed by atoms with Crippen LogP contribution in [0.3, 0.4) is 0 Å². The van der Waals surface area contributed by atoms with Gasteiger partial charge in [0.05, 0.1) is 16.9 Å². The number of carboxylic acid groups (broad SMARTS) is 1. The number of halogens is 2. The van der Waals surface area contributed by atoms with E-state index in [9.17, 15) is 13.6 Å². The summed E-state index contributed by atoms with van der Waals surface area (Å²) in [5.74, 6) is -2.54. The predicted molar refractivity (Wildman–Crippen MR) is 67.5 cm³/mol. The van der Waals surface area contributed by atoms with Crippen LogP contribution in [0.1, 0.15) is 10.4 Å². The minimum absolute atomic E-state index is 0.0356. The van der Waals surface area contributed by atoms with E-state index in [1.54, 1.807) is 0 Å². The first-order chi connectivity index (χ1) is 8.95. The van der Waals surface area contributed by atoms with E-state index in [2.05, 4.69) is 5.32 Å². The molecule has 0 fully saturated rings. The van der Waals surface area contributed by atoms with Gasteiger partial charge in [-0.1, -0.05) is 0 Å². The molecule has 0 bridgehead atoms. The average Bonchev–Trinajstić information content (AvgIpc) is 2.30. The summed E-state index contributed by atoms with van der Waals surface area (Å²) in [6.45, 7) is 0. The summed E-state index contributed by atoms with van der Waals surface area (Å²) >= 11 is 0. The third kappa shape index (κ3) is 2.98. The van der Waals surface area contributed by atoms with Crippen molar-refractivity contribution in [2.24, 2.45) is 0 Å². The molecular formula is C13H10F2N2O2. The van der Waals surface area contributed by atoms with Crippen LogP contribution in [0.25, 0.3) is 0 Å². The molecule has 0 radical (unpaired) electrons. The molecular weight excluding hydrogens is 254 g/mol. The Morgan fingerprint density at radius 1 is 1.11 bits per heavy atom. The number of benzene rings is 2. The molecule has 4 nitrogen and oxygen atoms in total. The van der Waals surface area contributed by atoms with Crippen LogP contribution in [0.5, 0.6) is 0 Å². The molecule has 2 rings (SSSR count). The number of rotatable bonds is 3. The Morgan fingerprint density at radius 2 is 1.74 bits per heavy atom. The van der Waals surface area contributed by atoms with E-state index < -0.39 is 17.6 Å². The van der Waals surface area contributed by atoms with Crippen LogP contribution in [0.15, 0.2) is 36.4 Å². The van der Waals surface area contributed by atoms with Gasteiger partial charge >= 0.3 is 5.97 Å². The second-order valence-corrected chi connectivity index (χ2v) is 3.89. The van der Waals surface area contributed by atoms with E-state index in [-0.39, 0.29) is 16.9 Å². The first-order valence-corrected chi connectivity index (χ1v) is 5.31. The first kappa shape index (κ1) is 12.8. The minimum atomic E-state index is -1.10. The molecule has 0 heterocycles. The molecule has 2 aromatic rings. The second-order valence-electron chi connectivity index (χ2n) is 3.89. The van der Waals surface area contributed by atoms with Crippen LogP contribution in [0.2, 0.25) is 0 Å².